The quantitative estimate of drug-likeness (QED) is 0.419. The van der Waals surface area contributed by atoms with Crippen LogP contribution in [-0.4, -0.2) is 47.7 Å². The van der Waals surface area contributed by atoms with E-state index >= 15 is 0 Å². The van der Waals surface area contributed by atoms with E-state index in [1.165, 1.54) is 36.1 Å². The molecule has 0 aliphatic heterocycles. The Morgan fingerprint density at radius 2 is 1.71 bits per heavy atom. The molecular weight excluding hydrogens is 422 g/mol. The summed E-state index contributed by atoms with van der Waals surface area (Å²) in [5.74, 6) is 0. The lowest BCUT2D eigenvalue weighted by Gasteiger charge is -2.17. The number of rotatable bonds is 6. The van der Waals surface area contributed by atoms with Crippen LogP contribution in [0.5, 0.6) is 0 Å². The van der Waals surface area contributed by atoms with Crippen LogP contribution < -0.4 is 10.6 Å². The van der Waals surface area contributed by atoms with Gasteiger partial charge in [-0.15, -0.1) is 0 Å². The van der Waals surface area contributed by atoms with Crippen molar-refractivity contribution in [3.05, 3.63) is 78.1 Å². The van der Waals surface area contributed by atoms with Crippen LogP contribution >= 0.6 is 0 Å². The standard InChI is InChI=1S/C28H31N5O/c1-32(2)16-15-29-28(34)31-24-11-7-21(8-12-24)23-10-14-26-27(18-23)33(19-30-26)25-13-9-20-5-3-4-6-22(20)17-25/h7-14,17-19H,3-6,15-16H2,1-2H3,(H2,29,31,34). The summed E-state index contributed by atoms with van der Waals surface area (Å²) in [4.78, 5) is 18.7. The Morgan fingerprint density at radius 1 is 0.941 bits per heavy atom. The van der Waals surface area contributed by atoms with Gasteiger partial charge in [0.15, 0.2) is 0 Å². The Kier molecular flexibility index (Phi) is 6.32. The van der Waals surface area contributed by atoms with Gasteiger partial charge in [0, 0.05) is 24.5 Å². The first-order chi connectivity index (χ1) is 16.6. The number of benzene rings is 3. The van der Waals surface area contributed by atoms with Crippen LogP contribution in [0.15, 0.2) is 67.0 Å². The molecular formula is C28H31N5O. The smallest absolute Gasteiger partial charge is 0.319 e. The minimum Gasteiger partial charge on any atom is -0.337 e. The van der Waals surface area contributed by atoms with Gasteiger partial charge >= 0.3 is 6.03 Å². The molecule has 0 saturated carbocycles. The Bertz CT molecular complexity index is 1310. The molecule has 174 valence electrons. The fourth-order valence-corrected chi connectivity index (χ4v) is 4.58. The molecule has 6 nitrogen and oxygen atoms in total. The van der Waals surface area contributed by atoms with E-state index in [4.69, 9.17) is 0 Å². The fraction of sp³-hybridized carbons (Fsp3) is 0.286. The molecule has 2 amide bonds. The number of urea groups is 1. The number of aromatic nitrogens is 2. The molecule has 2 N–H and O–H groups in total. The second-order valence-electron chi connectivity index (χ2n) is 9.24. The zero-order valence-electron chi connectivity index (χ0n) is 19.8. The van der Waals surface area contributed by atoms with Crippen LogP contribution in [0.4, 0.5) is 10.5 Å². The molecule has 0 unspecified atom stereocenters. The maximum Gasteiger partial charge on any atom is 0.319 e. The molecule has 1 aliphatic rings. The van der Waals surface area contributed by atoms with Crippen molar-refractivity contribution in [3.8, 4) is 16.8 Å². The Labute approximate surface area is 200 Å². The summed E-state index contributed by atoms with van der Waals surface area (Å²) in [6, 6.07) is 20.9. The summed E-state index contributed by atoms with van der Waals surface area (Å²) in [6.07, 6.45) is 6.83. The van der Waals surface area contributed by atoms with E-state index in [1.807, 2.05) is 49.6 Å². The third-order valence-corrected chi connectivity index (χ3v) is 6.48. The number of aryl methyl sites for hydroxylation is 2. The first-order valence-electron chi connectivity index (χ1n) is 12.0. The fourth-order valence-electron chi connectivity index (χ4n) is 4.58. The average molecular weight is 454 g/mol. The molecule has 3 aromatic carbocycles. The number of amides is 2. The molecule has 0 spiro atoms. The van der Waals surface area contributed by atoms with Crippen molar-refractivity contribution >= 4 is 22.8 Å². The van der Waals surface area contributed by atoms with Gasteiger partial charge in [0.2, 0.25) is 0 Å². The highest BCUT2D eigenvalue weighted by atomic mass is 16.2. The first-order valence-corrected chi connectivity index (χ1v) is 12.0. The van der Waals surface area contributed by atoms with E-state index in [2.05, 4.69) is 56.6 Å². The van der Waals surface area contributed by atoms with Crippen molar-refractivity contribution in [2.75, 3.05) is 32.5 Å². The summed E-state index contributed by atoms with van der Waals surface area (Å²) < 4.78 is 2.18. The second kappa shape index (κ2) is 9.69. The lowest BCUT2D eigenvalue weighted by molar-refractivity contribution is 0.250. The Morgan fingerprint density at radius 3 is 2.50 bits per heavy atom. The average Bonchev–Trinajstić information content (AvgIpc) is 3.27. The molecule has 0 atom stereocenters. The van der Waals surface area contributed by atoms with Gasteiger partial charge in [-0.25, -0.2) is 9.78 Å². The number of hydrogen-bond donors (Lipinski definition) is 2. The summed E-state index contributed by atoms with van der Waals surface area (Å²) in [7, 11) is 3.96. The van der Waals surface area contributed by atoms with Crippen LogP contribution in [0.3, 0.4) is 0 Å². The van der Waals surface area contributed by atoms with Crippen molar-refractivity contribution < 1.29 is 4.79 Å². The highest BCUT2D eigenvalue weighted by Gasteiger charge is 2.12. The van der Waals surface area contributed by atoms with Crippen LogP contribution in [0.25, 0.3) is 27.8 Å². The number of hydrogen-bond acceptors (Lipinski definition) is 3. The molecule has 5 rings (SSSR count). The summed E-state index contributed by atoms with van der Waals surface area (Å²) >= 11 is 0. The topological polar surface area (TPSA) is 62.2 Å². The first kappa shape index (κ1) is 22.2. The van der Waals surface area contributed by atoms with Crippen LogP contribution in [0.2, 0.25) is 0 Å². The van der Waals surface area contributed by atoms with Crippen LogP contribution in [0.1, 0.15) is 24.0 Å². The van der Waals surface area contributed by atoms with Gasteiger partial charge in [-0.2, -0.15) is 0 Å². The van der Waals surface area contributed by atoms with Crippen molar-refractivity contribution in [1.82, 2.24) is 19.8 Å². The van der Waals surface area contributed by atoms with Gasteiger partial charge in [0.1, 0.15) is 6.33 Å². The highest BCUT2D eigenvalue weighted by Crippen LogP contribution is 2.29. The van der Waals surface area contributed by atoms with E-state index < -0.39 is 0 Å². The maximum absolute atomic E-state index is 12.1. The van der Waals surface area contributed by atoms with Crippen molar-refractivity contribution in [2.45, 2.75) is 25.7 Å². The molecule has 1 heterocycles. The number of nitrogens with zero attached hydrogens (tertiary/aromatic N) is 3. The van der Waals surface area contributed by atoms with E-state index in [9.17, 15) is 4.79 Å². The third kappa shape index (κ3) is 4.82. The number of carbonyl (C=O) groups is 1. The van der Waals surface area contributed by atoms with Gasteiger partial charge in [0.25, 0.3) is 0 Å². The van der Waals surface area contributed by atoms with E-state index in [0.29, 0.717) is 6.54 Å². The largest absolute Gasteiger partial charge is 0.337 e. The molecule has 4 aromatic rings. The van der Waals surface area contributed by atoms with Gasteiger partial charge in [0.05, 0.1) is 11.0 Å². The number of carbonyl (C=O) groups excluding carboxylic acids is 1. The zero-order chi connectivity index (χ0) is 23.5. The minimum atomic E-state index is -0.190. The van der Waals surface area contributed by atoms with Crippen molar-refractivity contribution in [3.63, 3.8) is 0 Å². The number of anilines is 1. The maximum atomic E-state index is 12.1. The summed E-state index contributed by atoms with van der Waals surface area (Å²) in [6.45, 7) is 1.41. The summed E-state index contributed by atoms with van der Waals surface area (Å²) in [5.41, 5.74) is 9.18. The molecule has 6 heteroatoms. The monoisotopic (exact) mass is 453 g/mol. The number of nitrogens with one attached hydrogen (secondary N) is 2. The second-order valence-corrected chi connectivity index (χ2v) is 9.24. The van der Waals surface area contributed by atoms with E-state index in [0.717, 1.165) is 40.8 Å². The minimum absolute atomic E-state index is 0.190. The molecule has 0 bridgehead atoms. The number of imidazole rings is 1. The molecule has 1 aromatic heterocycles. The van der Waals surface area contributed by atoms with Gasteiger partial charge in [-0.05, 0) is 98.4 Å². The molecule has 1 aliphatic carbocycles. The van der Waals surface area contributed by atoms with Crippen LogP contribution in [0, 0.1) is 0 Å². The lowest BCUT2D eigenvalue weighted by atomic mass is 9.91. The third-order valence-electron chi connectivity index (χ3n) is 6.48. The normalized spacial score (nSPS) is 13.1. The molecule has 34 heavy (non-hydrogen) atoms. The lowest BCUT2D eigenvalue weighted by Crippen LogP contribution is -2.34. The van der Waals surface area contributed by atoms with Gasteiger partial charge < -0.3 is 15.5 Å². The number of fused-ring (bicyclic) bond motifs is 2. The van der Waals surface area contributed by atoms with Gasteiger partial charge in [-0.3, -0.25) is 4.57 Å². The van der Waals surface area contributed by atoms with Crippen molar-refractivity contribution in [2.24, 2.45) is 0 Å². The van der Waals surface area contributed by atoms with E-state index in [1.54, 1.807) is 0 Å². The molecule has 0 saturated heterocycles. The van der Waals surface area contributed by atoms with E-state index in [-0.39, 0.29) is 6.03 Å². The van der Waals surface area contributed by atoms with Crippen molar-refractivity contribution in [1.29, 1.82) is 0 Å². The molecule has 0 radical (unpaired) electrons. The number of likely N-dealkylation sites (N-methyl/N-ethyl adjacent to an activating group) is 1. The Hall–Kier alpha value is -3.64. The SMILES string of the molecule is CN(C)CCNC(=O)Nc1ccc(-c2ccc3ncn(-c4ccc5c(c4)CCCC5)c3c2)cc1. The predicted molar refractivity (Wildman–Crippen MR) is 139 cm³/mol. The predicted octanol–water partition coefficient (Wildman–Crippen LogP) is 5.25. The van der Waals surface area contributed by atoms with Gasteiger partial charge in [-0.1, -0.05) is 24.3 Å². The van der Waals surface area contributed by atoms with Crippen LogP contribution in [-0.2, 0) is 12.8 Å². The summed E-state index contributed by atoms with van der Waals surface area (Å²) in [5, 5.41) is 5.76. The highest BCUT2D eigenvalue weighted by molar-refractivity contribution is 5.90. The Balaban J connectivity index is 1.35. The zero-order valence-corrected chi connectivity index (χ0v) is 19.8. The molecule has 0 fully saturated rings.